The molecule has 1 heterocycles. The zero-order valence-corrected chi connectivity index (χ0v) is 21.6. The Hall–Kier alpha value is -4.21. The van der Waals surface area contributed by atoms with Crippen LogP contribution in [-0.4, -0.2) is 52.7 Å². The Labute approximate surface area is 221 Å². The number of carbonyl (C=O) groups excluding carboxylic acids is 5. The predicted molar refractivity (Wildman–Crippen MR) is 139 cm³/mol. The van der Waals surface area contributed by atoms with E-state index in [0.29, 0.717) is 0 Å². The molecule has 202 valence electrons. The zero-order chi connectivity index (χ0) is 27.7. The number of likely N-dealkylation sites (tertiary alicyclic amines) is 1. The molecular formula is C28H34N4O6. The van der Waals surface area contributed by atoms with Gasteiger partial charge in [-0.1, -0.05) is 74.5 Å². The molecule has 10 nitrogen and oxygen atoms in total. The van der Waals surface area contributed by atoms with Crippen molar-refractivity contribution in [1.29, 1.82) is 0 Å². The summed E-state index contributed by atoms with van der Waals surface area (Å²) in [7, 11) is 0. The molecule has 3 rings (SSSR count). The van der Waals surface area contributed by atoms with Gasteiger partial charge in [0.1, 0.15) is 24.7 Å². The van der Waals surface area contributed by atoms with E-state index < -0.39 is 47.8 Å². The van der Waals surface area contributed by atoms with Gasteiger partial charge in [-0.2, -0.15) is 0 Å². The lowest BCUT2D eigenvalue weighted by Crippen LogP contribution is -2.57. The van der Waals surface area contributed by atoms with E-state index in [1.54, 1.807) is 24.3 Å². The van der Waals surface area contributed by atoms with E-state index in [9.17, 15) is 24.0 Å². The Morgan fingerprint density at radius 3 is 2.13 bits per heavy atom. The van der Waals surface area contributed by atoms with Crippen molar-refractivity contribution in [3.05, 3.63) is 71.8 Å². The standard InChI is InChI=1S/C28H34N4O6/c1-18(2)15-22(26(35)30-21(25(29)34)16-19-9-5-3-6-10-19)31-27(36)23-13-14-24(33)32(23)28(37)38-17-20-11-7-4-8-12-20/h3-12,18,21-23H,13-17H2,1-2H3,(H2,29,34)(H,30,35)(H,31,36). The number of hydrogen-bond donors (Lipinski definition) is 3. The Kier molecular flexibility index (Phi) is 9.98. The highest BCUT2D eigenvalue weighted by molar-refractivity contribution is 6.01. The minimum absolute atomic E-state index is 0.000389. The minimum atomic E-state index is -1.11. The van der Waals surface area contributed by atoms with Gasteiger partial charge in [0.15, 0.2) is 0 Å². The smallest absolute Gasteiger partial charge is 0.417 e. The second-order valence-electron chi connectivity index (χ2n) is 9.70. The first kappa shape index (κ1) is 28.4. The van der Waals surface area contributed by atoms with Crippen molar-refractivity contribution in [3.8, 4) is 0 Å². The van der Waals surface area contributed by atoms with Crippen molar-refractivity contribution in [2.24, 2.45) is 11.7 Å². The number of ether oxygens (including phenoxy) is 1. The van der Waals surface area contributed by atoms with Crippen LogP contribution in [0.2, 0.25) is 0 Å². The molecule has 38 heavy (non-hydrogen) atoms. The van der Waals surface area contributed by atoms with Crippen molar-refractivity contribution in [2.75, 3.05) is 0 Å². The van der Waals surface area contributed by atoms with Crippen molar-refractivity contribution >= 4 is 29.7 Å². The molecule has 0 bridgehead atoms. The van der Waals surface area contributed by atoms with E-state index >= 15 is 0 Å². The van der Waals surface area contributed by atoms with Gasteiger partial charge >= 0.3 is 6.09 Å². The fraction of sp³-hybridized carbons (Fsp3) is 0.393. The number of amides is 5. The number of nitrogens with zero attached hydrogens (tertiary/aromatic N) is 1. The maximum absolute atomic E-state index is 13.2. The molecule has 0 radical (unpaired) electrons. The highest BCUT2D eigenvalue weighted by Crippen LogP contribution is 2.21. The first-order valence-electron chi connectivity index (χ1n) is 12.6. The minimum Gasteiger partial charge on any atom is -0.444 e. The fourth-order valence-electron chi connectivity index (χ4n) is 4.27. The van der Waals surface area contributed by atoms with E-state index in [1.807, 2.05) is 50.2 Å². The highest BCUT2D eigenvalue weighted by atomic mass is 16.6. The van der Waals surface area contributed by atoms with Gasteiger partial charge in [0, 0.05) is 12.8 Å². The van der Waals surface area contributed by atoms with E-state index in [0.717, 1.165) is 16.0 Å². The molecule has 1 fully saturated rings. The number of nitrogens with two attached hydrogens (primary N) is 1. The molecule has 0 aromatic heterocycles. The summed E-state index contributed by atoms with van der Waals surface area (Å²) < 4.78 is 5.27. The molecule has 3 unspecified atom stereocenters. The van der Waals surface area contributed by atoms with Crippen molar-refractivity contribution in [3.63, 3.8) is 0 Å². The largest absolute Gasteiger partial charge is 0.444 e. The third kappa shape index (κ3) is 7.89. The topological polar surface area (TPSA) is 148 Å². The molecule has 10 heteroatoms. The predicted octanol–water partition coefficient (Wildman–Crippen LogP) is 2.06. The first-order chi connectivity index (χ1) is 18.2. The van der Waals surface area contributed by atoms with E-state index in [4.69, 9.17) is 10.5 Å². The summed E-state index contributed by atoms with van der Waals surface area (Å²) in [4.78, 5) is 64.4. The van der Waals surface area contributed by atoms with Gasteiger partial charge in [-0.25, -0.2) is 9.69 Å². The second-order valence-corrected chi connectivity index (χ2v) is 9.70. The SMILES string of the molecule is CC(C)CC(NC(=O)C1CCC(=O)N1C(=O)OCc1ccccc1)C(=O)NC(Cc1ccccc1)C(N)=O. The number of benzene rings is 2. The van der Waals surface area contributed by atoms with E-state index in [1.165, 1.54) is 0 Å². The Bertz CT molecular complexity index is 1140. The summed E-state index contributed by atoms with van der Waals surface area (Å²) in [5.41, 5.74) is 7.09. The summed E-state index contributed by atoms with van der Waals surface area (Å²) >= 11 is 0. The maximum atomic E-state index is 13.2. The van der Waals surface area contributed by atoms with Crippen molar-refractivity contribution in [1.82, 2.24) is 15.5 Å². The number of imide groups is 1. The molecule has 4 N–H and O–H groups in total. The van der Waals surface area contributed by atoms with Crippen molar-refractivity contribution in [2.45, 2.75) is 64.3 Å². The van der Waals surface area contributed by atoms with Crippen LogP contribution >= 0.6 is 0 Å². The third-order valence-corrected chi connectivity index (χ3v) is 6.20. The van der Waals surface area contributed by atoms with Gasteiger partial charge in [-0.15, -0.1) is 0 Å². The van der Waals surface area contributed by atoms with Gasteiger partial charge in [0.25, 0.3) is 0 Å². The molecule has 0 aliphatic carbocycles. The highest BCUT2D eigenvalue weighted by Gasteiger charge is 2.42. The molecular weight excluding hydrogens is 488 g/mol. The van der Waals surface area contributed by atoms with Crippen LogP contribution in [0.4, 0.5) is 4.79 Å². The number of rotatable bonds is 11. The van der Waals surface area contributed by atoms with Crippen LogP contribution in [0.1, 0.15) is 44.2 Å². The summed E-state index contributed by atoms with van der Waals surface area (Å²) in [5.74, 6) is -2.43. The Morgan fingerprint density at radius 2 is 1.55 bits per heavy atom. The van der Waals surface area contributed by atoms with Crippen LogP contribution in [0.5, 0.6) is 0 Å². The van der Waals surface area contributed by atoms with Crippen LogP contribution in [0.15, 0.2) is 60.7 Å². The quantitative estimate of drug-likeness (QED) is 0.411. The third-order valence-electron chi connectivity index (χ3n) is 6.20. The lowest BCUT2D eigenvalue weighted by atomic mass is 10.0. The Morgan fingerprint density at radius 1 is 0.947 bits per heavy atom. The van der Waals surface area contributed by atoms with Gasteiger partial charge in [0.2, 0.25) is 23.6 Å². The van der Waals surface area contributed by atoms with E-state index in [2.05, 4.69) is 10.6 Å². The van der Waals surface area contributed by atoms with Gasteiger partial charge in [-0.05, 0) is 29.9 Å². The molecule has 2 aromatic carbocycles. The van der Waals surface area contributed by atoms with Crippen LogP contribution in [0.3, 0.4) is 0 Å². The maximum Gasteiger partial charge on any atom is 0.417 e. The number of hydrogen-bond acceptors (Lipinski definition) is 6. The molecule has 1 aliphatic heterocycles. The lowest BCUT2D eigenvalue weighted by molar-refractivity contribution is -0.136. The monoisotopic (exact) mass is 522 g/mol. The first-order valence-corrected chi connectivity index (χ1v) is 12.6. The summed E-state index contributed by atoms with van der Waals surface area (Å²) in [6, 6.07) is 15.0. The molecule has 0 spiro atoms. The van der Waals surface area contributed by atoms with Crippen LogP contribution in [-0.2, 0) is 36.9 Å². The van der Waals surface area contributed by atoms with Crippen LogP contribution in [0.25, 0.3) is 0 Å². The molecule has 5 amide bonds. The van der Waals surface area contributed by atoms with Crippen LogP contribution in [0, 0.1) is 5.92 Å². The van der Waals surface area contributed by atoms with Crippen molar-refractivity contribution < 1.29 is 28.7 Å². The summed E-state index contributed by atoms with van der Waals surface area (Å²) in [5, 5.41) is 5.32. The van der Waals surface area contributed by atoms with Gasteiger partial charge in [0.05, 0.1) is 0 Å². The number of nitrogens with one attached hydrogen (secondary N) is 2. The fourth-order valence-corrected chi connectivity index (χ4v) is 4.27. The summed E-state index contributed by atoms with van der Waals surface area (Å²) in [6.45, 7) is 3.72. The summed E-state index contributed by atoms with van der Waals surface area (Å²) in [6.07, 6.45) is -0.340. The second kappa shape index (κ2) is 13.4. The zero-order valence-electron chi connectivity index (χ0n) is 21.6. The molecule has 2 aromatic rings. The normalized spacial score (nSPS) is 16.6. The number of carbonyl (C=O) groups is 5. The van der Waals surface area contributed by atoms with Gasteiger partial charge in [-0.3, -0.25) is 19.2 Å². The average Bonchev–Trinajstić information content (AvgIpc) is 3.28. The average molecular weight is 523 g/mol. The molecule has 3 atom stereocenters. The Balaban J connectivity index is 1.67. The molecule has 1 aliphatic rings. The lowest BCUT2D eigenvalue weighted by Gasteiger charge is -2.26. The van der Waals surface area contributed by atoms with Gasteiger partial charge < -0.3 is 21.1 Å². The molecule has 0 saturated carbocycles. The van der Waals surface area contributed by atoms with Crippen LogP contribution < -0.4 is 16.4 Å². The number of primary amides is 1. The molecule has 1 saturated heterocycles. The van der Waals surface area contributed by atoms with E-state index in [-0.39, 0.29) is 38.2 Å².